The van der Waals surface area contributed by atoms with Crippen LogP contribution >= 0.6 is 0 Å². The van der Waals surface area contributed by atoms with E-state index < -0.39 is 64.5 Å². The summed E-state index contributed by atoms with van der Waals surface area (Å²) in [5.41, 5.74) is -0.666. The Bertz CT molecular complexity index is 1630. The van der Waals surface area contributed by atoms with Crippen LogP contribution in [0.2, 0.25) is 0 Å². The molecule has 0 saturated heterocycles. The Balaban J connectivity index is 2.48. The molecule has 3 aliphatic rings. The van der Waals surface area contributed by atoms with Gasteiger partial charge in [0.25, 0.3) is 0 Å². The number of carbonyl (C=O) groups excluding carboxylic acids is 1. The van der Waals surface area contributed by atoms with Gasteiger partial charge in [-0.3, -0.25) is 9.35 Å². The number of rotatable bonds is 2. The zero-order chi connectivity index (χ0) is 35.7. The third-order valence-corrected chi connectivity index (χ3v) is 18.1. The first-order valence-electron chi connectivity index (χ1n) is 16.8. The molecular weight excluding hydrogens is 580 g/mol. The summed E-state index contributed by atoms with van der Waals surface area (Å²) < 4.78 is 39.6. The maximum atomic E-state index is 15.7. The van der Waals surface area contributed by atoms with Crippen molar-refractivity contribution < 1.29 is 21.9 Å². The molecule has 0 aliphatic heterocycles. The smallest absolute Gasteiger partial charge is 0.361 e. The van der Waals surface area contributed by atoms with E-state index in [1.165, 1.54) is 5.56 Å². The number of benzene rings is 1. The molecule has 2 fully saturated rings. The minimum absolute atomic E-state index is 0.213. The molecule has 0 spiro atoms. The molecule has 2 saturated carbocycles. The molecule has 4 atom stereocenters. The third kappa shape index (κ3) is 3.10. The van der Waals surface area contributed by atoms with Crippen molar-refractivity contribution in [2.24, 2.45) is 48.7 Å². The molecule has 0 radical (unpaired) electrons. The van der Waals surface area contributed by atoms with Crippen molar-refractivity contribution in [3.63, 3.8) is 0 Å². The van der Waals surface area contributed by atoms with Crippen molar-refractivity contribution in [1.29, 1.82) is 0 Å². The Hall–Kier alpha value is -1.40. The highest BCUT2D eigenvalue weighted by atomic mass is 32.3. The fourth-order valence-corrected chi connectivity index (χ4v) is 14.2. The van der Waals surface area contributed by atoms with E-state index in [0.717, 1.165) is 22.3 Å². The fourth-order valence-electron chi connectivity index (χ4n) is 13.7. The van der Waals surface area contributed by atoms with Crippen LogP contribution in [0.5, 0.6) is 5.75 Å². The van der Waals surface area contributed by atoms with Gasteiger partial charge in [-0.1, -0.05) is 125 Å². The molecule has 45 heavy (non-hydrogen) atoms. The van der Waals surface area contributed by atoms with Crippen LogP contribution in [0.4, 0.5) is 0 Å². The average molecular weight is 645 g/mol. The Kier molecular flexibility index (Phi) is 6.96. The average Bonchev–Trinajstić information content (AvgIpc) is 2.93. The van der Waals surface area contributed by atoms with Gasteiger partial charge in [-0.05, 0) is 91.9 Å². The highest BCUT2D eigenvalue weighted by Crippen LogP contribution is 2.94. The van der Waals surface area contributed by atoms with E-state index in [0.29, 0.717) is 5.78 Å². The monoisotopic (exact) mass is 644 g/mol. The van der Waals surface area contributed by atoms with Crippen LogP contribution < -0.4 is 4.18 Å². The summed E-state index contributed by atoms with van der Waals surface area (Å²) in [4.78, 5) is 15.7. The van der Waals surface area contributed by atoms with Crippen LogP contribution in [0.3, 0.4) is 0 Å². The minimum atomic E-state index is -4.74. The summed E-state index contributed by atoms with van der Waals surface area (Å²) in [6, 6.07) is 0. The predicted molar refractivity (Wildman–Crippen MR) is 185 cm³/mol. The largest absolute Gasteiger partial charge is 0.446 e. The van der Waals surface area contributed by atoms with Gasteiger partial charge in [-0.15, -0.1) is 0 Å². The first-order valence-corrected chi connectivity index (χ1v) is 18.2. The van der Waals surface area contributed by atoms with Crippen LogP contribution in [0.15, 0.2) is 0 Å². The van der Waals surface area contributed by atoms with Crippen molar-refractivity contribution in [3.8, 4) is 5.75 Å². The molecule has 3 aliphatic carbocycles. The van der Waals surface area contributed by atoms with Crippen LogP contribution in [-0.4, -0.2) is 18.8 Å². The number of Topliss-reactive ketones (excluding diaryl/α,β-unsaturated/α-hetero) is 1. The molecule has 5 nitrogen and oxygen atoms in total. The standard InChI is InChI=1S/C39H64O5S/c1-22-23(2)27(44-45(41,42)43)24(3)25-26(22)36(19)34(15,16)35(17,18)39(29(4,5)6)28(40)31(9,10)33(13,14)38(39,21)37(36,20)32(11,12)30(25,7)8/h1-21H3,(H,41,42,43)/t36-,37+,38-,39+/m0/s1. The van der Waals surface area contributed by atoms with Crippen molar-refractivity contribution in [3.05, 3.63) is 27.8 Å². The van der Waals surface area contributed by atoms with E-state index in [1.807, 2.05) is 13.8 Å². The van der Waals surface area contributed by atoms with E-state index >= 15 is 4.79 Å². The zero-order valence-electron chi connectivity index (χ0n) is 32.5. The number of ketones is 1. The van der Waals surface area contributed by atoms with Crippen LogP contribution in [0.1, 0.15) is 152 Å². The molecule has 1 aromatic rings. The molecule has 1 aromatic carbocycles. The molecule has 256 valence electrons. The molecule has 0 unspecified atom stereocenters. The Morgan fingerprint density at radius 3 is 1.40 bits per heavy atom. The van der Waals surface area contributed by atoms with E-state index in [-0.39, 0.29) is 11.2 Å². The Morgan fingerprint density at radius 1 is 0.578 bits per heavy atom. The summed E-state index contributed by atoms with van der Waals surface area (Å²) >= 11 is 0. The first-order chi connectivity index (χ1) is 19.5. The van der Waals surface area contributed by atoms with Gasteiger partial charge in [-0.2, -0.15) is 8.42 Å². The lowest BCUT2D eigenvalue weighted by molar-refractivity contribution is -0.353. The lowest BCUT2D eigenvalue weighted by Gasteiger charge is -2.86. The first kappa shape index (κ1) is 36.4. The van der Waals surface area contributed by atoms with Gasteiger partial charge in [0.15, 0.2) is 5.75 Å². The molecule has 0 aromatic heterocycles. The molecule has 0 heterocycles. The van der Waals surface area contributed by atoms with Gasteiger partial charge in [0.05, 0.1) is 0 Å². The Labute approximate surface area is 276 Å². The third-order valence-electron chi connectivity index (χ3n) is 17.7. The second kappa shape index (κ2) is 8.60. The van der Waals surface area contributed by atoms with Gasteiger partial charge in [0.2, 0.25) is 0 Å². The van der Waals surface area contributed by atoms with Crippen molar-refractivity contribution in [2.75, 3.05) is 0 Å². The summed E-state index contributed by atoms with van der Waals surface area (Å²) in [5.74, 6) is 0.585. The highest BCUT2D eigenvalue weighted by molar-refractivity contribution is 7.81. The quantitative estimate of drug-likeness (QED) is 0.324. The Morgan fingerprint density at radius 2 is 1.00 bits per heavy atom. The van der Waals surface area contributed by atoms with E-state index in [2.05, 4.69) is 132 Å². The van der Waals surface area contributed by atoms with Crippen molar-refractivity contribution in [2.45, 2.75) is 156 Å². The maximum absolute atomic E-state index is 15.7. The van der Waals surface area contributed by atoms with E-state index in [4.69, 9.17) is 4.18 Å². The molecule has 0 bridgehead atoms. The second-order valence-corrected chi connectivity index (χ2v) is 20.9. The number of carbonyl (C=O) groups is 1. The van der Waals surface area contributed by atoms with Gasteiger partial charge in [0, 0.05) is 16.2 Å². The summed E-state index contributed by atoms with van der Waals surface area (Å²) in [5, 5.41) is 0. The molecule has 4 rings (SSSR count). The van der Waals surface area contributed by atoms with Gasteiger partial charge < -0.3 is 4.18 Å². The van der Waals surface area contributed by atoms with E-state index in [9.17, 15) is 13.0 Å². The van der Waals surface area contributed by atoms with Crippen molar-refractivity contribution >= 4 is 16.2 Å². The molecule has 1 N–H and O–H groups in total. The topological polar surface area (TPSA) is 80.7 Å². The number of hydrogen-bond acceptors (Lipinski definition) is 4. The second-order valence-electron chi connectivity index (χ2n) is 19.9. The lowest BCUT2D eigenvalue weighted by atomic mass is 9.16. The van der Waals surface area contributed by atoms with Crippen LogP contribution in [0.25, 0.3) is 0 Å². The van der Waals surface area contributed by atoms with Crippen LogP contribution in [-0.2, 0) is 26.0 Å². The minimum Gasteiger partial charge on any atom is -0.361 e. The van der Waals surface area contributed by atoms with Gasteiger partial charge in [0.1, 0.15) is 5.78 Å². The fraction of sp³-hybridized carbons (Fsp3) is 0.821. The van der Waals surface area contributed by atoms with Crippen molar-refractivity contribution in [1.82, 2.24) is 0 Å². The summed E-state index contributed by atoms with van der Waals surface area (Å²) in [6.07, 6.45) is 0. The van der Waals surface area contributed by atoms with Gasteiger partial charge >= 0.3 is 10.4 Å². The lowest BCUT2D eigenvalue weighted by Crippen LogP contribution is -2.84. The predicted octanol–water partition coefficient (Wildman–Crippen LogP) is 10.1. The zero-order valence-corrected chi connectivity index (χ0v) is 33.3. The molecule has 6 heteroatoms. The highest BCUT2D eigenvalue weighted by Gasteiger charge is 2.93. The summed E-state index contributed by atoms with van der Waals surface area (Å²) in [7, 11) is -4.74. The maximum Gasteiger partial charge on any atom is 0.446 e. The number of fused-ring (bicyclic) bond motifs is 5. The summed E-state index contributed by atoms with van der Waals surface area (Å²) in [6.45, 7) is 48.3. The normalized spacial score (nSPS) is 37.0. The SMILES string of the molecule is Cc1c(C)c2c(c(C)c1OS(=O)(=O)O)C(C)(C)C(C)(C)[C@@]1(C)[C@]3(C)C(C)(C)C(C)(C)C(=O)[C@@]3(C(C)(C)C)C(C)(C)C(C)(C)[C@]21C. The molecular formula is C39H64O5S. The van der Waals surface area contributed by atoms with Crippen LogP contribution in [0, 0.1) is 69.5 Å². The van der Waals surface area contributed by atoms with E-state index in [1.54, 1.807) is 0 Å². The van der Waals surface area contributed by atoms with Gasteiger partial charge in [-0.25, -0.2) is 0 Å². The number of hydrogen-bond donors (Lipinski definition) is 1. The molecule has 0 amide bonds.